The van der Waals surface area contributed by atoms with Gasteiger partial charge < -0.3 is 9.64 Å². The van der Waals surface area contributed by atoms with Crippen molar-refractivity contribution < 1.29 is 13.9 Å². The topological polar surface area (TPSA) is 32.8 Å². The molecule has 0 aliphatic heterocycles. The first-order chi connectivity index (χ1) is 13.6. The van der Waals surface area contributed by atoms with Crippen LogP contribution in [0.15, 0.2) is 48.5 Å². The van der Waals surface area contributed by atoms with Crippen LogP contribution in [0.25, 0.3) is 0 Å². The molecule has 2 aromatic rings. The molecule has 2 aliphatic rings. The van der Waals surface area contributed by atoms with E-state index in [1.54, 1.807) is 13.2 Å². The molecule has 0 N–H and O–H groups in total. The molecule has 0 saturated heterocycles. The minimum atomic E-state index is -0.196. The molecular formula is C23H27FN2O2. The van der Waals surface area contributed by atoms with Crippen LogP contribution in [0.4, 0.5) is 4.39 Å². The first kappa shape index (κ1) is 18.9. The third kappa shape index (κ3) is 4.71. The molecule has 0 spiro atoms. The number of carbonyl (C=O) groups excluding carboxylic acids is 1. The van der Waals surface area contributed by atoms with Crippen LogP contribution in [-0.2, 0) is 17.9 Å². The van der Waals surface area contributed by atoms with E-state index in [1.165, 1.54) is 6.07 Å². The molecule has 2 aromatic carbocycles. The summed E-state index contributed by atoms with van der Waals surface area (Å²) in [7, 11) is 1.65. The molecule has 0 atom stereocenters. The molecule has 5 heteroatoms. The normalized spacial score (nSPS) is 16.2. The van der Waals surface area contributed by atoms with E-state index in [0.29, 0.717) is 37.3 Å². The van der Waals surface area contributed by atoms with Crippen LogP contribution in [-0.4, -0.2) is 41.4 Å². The van der Waals surface area contributed by atoms with Crippen molar-refractivity contribution >= 4 is 5.91 Å². The summed E-state index contributed by atoms with van der Waals surface area (Å²) in [5.41, 5.74) is 1.77. The van der Waals surface area contributed by atoms with Crippen LogP contribution < -0.4 is 4.74 Å². The maximum Gasteiger partial charge on any atom is 0.237 e. The largest absolute Gasteiger partial charge is 0.497 e. The average molecular weight is 382 g/mol. The minimum absolute atomic E-state index is 0.140. The first-order valence-corrected chi connectivity index (χ1v) is 10.0. The molecule has 0 aromatic heterocycles. The summed E-state index contributed by atoms with van der Waals surface area (Å²) in [6.45, 7) is 1.46. The summed E-state index contributed by atoms with van der Waals surface area (Å²) in [6, 6.07) is 15.5. The second-order valence-electron chi connectivity index (χ2n) is 7.83. The highest BCUT2D eigenvalue weighted by atomic mass is 19.1. The lowest BCUT2D eigenvalue weighted by Crippen LogP contribution is -2.41. The van der Waals surface area contributed by atoms with Gasteiger partial charge in [0, 0.05) is 30.7 Å². The van der Waals surface area contributed by atoms with Gasteiger partial charge in [0.05, 0.1) is 13.7 Å². The standard InChI is InChI=1S/C23H27FN2O2/c1-28-21-12-6-17(7-13-21)14-26(20-10-11-20)23(27)16-25(19-8-9-19)15-18-4-2-3-5-22(18)24/h2-7,12-13,19-20H,8-11,14-16H2,1H3. The van der Waals surface area contributed by atoms with Crippen molar-refractivity contribution in [2.75, 3.05) is 13.7 Å². The summed E-state index contributed by atoms with van der Waals surface area (Å²) in [5.74, 6) is 0.761. The predicted octanol–water partition coefficient (Wildman–Crippen LogP) is 3.99. The molecule has 2 aliphatic carbocycles. The lowest BCUT2D eigenvalue weighted by atomic mass is 10.2. The SMILES string of the molecule is COc1ccc(CN(C(=O)CN(Cc2ccccc2F)C2CC2)C2CC2)cc1. The van der Waals surface area contributed by atoms with Gasteiger partial charge in [-0.2, -0.15) is 0 Å². The Morgan fingerprint density at radius 2 is 1.68 bits per heavy atom. The Morgan fingerprint density at radius 1 is 1.00 bits per heavy atom. The Balaban J connectivity index is 1.43. The molecule has 0 bridgehead atoms. The number of amides is 1. The molecule has 4 nitrogen and oxygen atoms in total. The highest BCUT2D eigenvalue weighted by molar-refractivity contribution is 5.79. The number of rotatable bonds is 9. The molecular weight excluding hydrogens is 355 g/mol. The lowest BCUT2D eigenvalue weighted by Gasteiger charge is -2.28. The van der Waals surface area contributed by atoms with Crippen molar-refractivity contribution in [3.05, 3.63) is 65.5 Å². The fourth-order valence-corrected chi connectivity index (χ4v) is 3.60. The molecule has 2 saturated carbocycles. The highest BCUT2D eigenvalue weighted by Gasteiger charge is 2.36. The zero-order valence-corrected chi connectivity index (χ0v) is 16.3. The predicted molar refractivity (Wildman–Crippen MR) is 106 cm³/mol. The molecule has 0 radical (unpaired) electrons. The third-order valence-corrected chi connectivity index (χ3v) is 5.55. The van der Waals surface area contributed by atoms with E-state index >= 15 is 0 Å². The minimum Gasteiger partial charge on any atom is -0.497 e. The van der Waals surface area contributed by atoms with Crippen molar-refractivity contribution in [1.82, 2.24) is 9.80 Å². The van der Waals surface area contributed by atoms with E-state index in [-0.39, 0.29) is 11.7 Å². The number of benzene rings is 2. The molecule has 28 heavy (non-hydrogen) atoms. The summed E-state index contributed by atoms with van der Waals surface area (Å²) in [6.07, 6.45) is 4.31. The van der Waals surface area contributed by atoms with Crippen LogP contribution >= 0.6 is 0 Å². The van der Waals surface area contributed by atoms with E-state index in [0.717, 1.165) is 37.0 Å². The smallest absolute Gasteiger partial charge is 0.237 e. The Morgan fingerprint density at radius 3 is 2.29 bits per heavy atom. The summed E-state index contributed by atoms with van der Waals surface area (Å²) >= 11 is 0. The molecule has 1 amide bonds. The zero-order valence-electron chi connectivity index (χ0n) is 16.3. The number of methoxy groups -OCH3 is 1. The van der Waals surface area contributed by atoms with Gasteiger partial charge in [-0.1, -0.05) is 30.3 Å². The monoisotopic (exact) mass is 382 g/mol. The van der Waals surface area contributed by atoms with Gasteiger partial charge in [0.15, 0.2) is 0 Å². The van der Waals surface area contributed by atoms with Gasteiger partial charge in [-0.05, 0) is 49.4 Å². The second kappa shape index (κ2) is 8.31. The second-order valence-corrected chi connectivity index (χ2v) is 7.83. The molecule has 4 rings (SSSR count). The van der Waals surface area contributed by atoms with Gasteiger partial charge in [-0.25, -0.2) is 4.39 Å². The van der Waals surface area contributed by atoms with Crippen LogP contribution in [0.2, 0.25) is 0 Å². The lowest BCUT2D eigenvalue weighted by molar-refractivity contribution is -0.134. The van der Waals surface area contributed by atoms with Gasteiger partial charge >= 0.3 is 0 Å². The van der Waals surface area contributed by atoms with E-state index < -0.39 is 0 Å². The van der Waals surface area contributed by atoms with E-state index in [4.69, 9.17) is 4.74 Å². The maximum atomic E-state index is 14.1. The third-order valence-electron chi connectivity index (χ3n) is 5.55. The van der Waals surface area contributed by atoms with Crippen molar-refractivity contribution in [2.24, 2.45) is 0 Å². The van der Waals surface area contributed by atoms with Crippen LogP contribution in [0, 0.1) is 5.82 Å². The number of hydrogen-bond donors (Lipinski definition) is 0. The number of hydrogen-bond acceptors (Lipinski definition) is 3. The van der Waals surface area contributed by atoms with E-state index in [2.05, 4.69) is 4.90 Å². The maximum absolute atomic E-state index is 14.1. The molecule has 0 unspecified atom stereocenters. The highest BCUT2D eigenvalue weighted by Crippen LogP contribution is 2.32. The van der Waals surface area contributed by atoms with Gasteiger partial charge in [-0.15, -0.1) is 0 Å². The van der Waals surface area contributed by atoms with Crippen molar-refractivity contribution in [2.45, 2.75) is 50.9 Å². The fraction of sp³-hybridized carbons (Fsp3) is 0.435. The van der Waals surface area contributed by atoms with Crippen molar-refractivity contribution in [3.8, 4) is 5.75 Å². The van der Waals surface area contributed by atoms with E-state index in [9.17, 15) is 9.18 Å². The number of halogens is 1. The Bertz CT molecular complexity index is 816. The Labute approximate surface area is 165 Å². The molecule has 2 fully saturated rings. The van der Waals surface area contributed by atoms with Crippen molar-refractivity contribution in [1.29, 1.82) is 0 Å². The molecule has 148 valence electrons. The fourth-order valence-electron chi connectivity index (χ4n) is 3.60. The summed E-state index contributed by atoms with van der Waals surface area (Å²) in [5, 5.41) is 0. The van der Waals surface area contributed by atoms with E-state index in [1.807, 2.05) is 41.3 Å². The van der Waals surface area contributed by atoms with Crippen LogP contribution in [0.5, 0.6) is 5.75 Å². The van der Waals surface area contributed by atoms with Gasteiger partial charge in [0.2, 0.25) is 5.91 Å². The number of ether oxygens (including phenoxy) is 1. The van der Waals surface area contributed by atoms with Crippen LogP contribution in [0.1, 0.15) is 36.8 Å². The Hall–Kier alpha value is -2.40. The van der Waals surface area contributed by atoms with Gasteiger partial charge in [0.25, 0.3) is 0 Å². The molecule has 0 heterocycles. The van der Waals surface area contributed by atoms with Gasteiger partial charge in [-0.3, -0.25) is 9.69 Å². The zero-order chi connectivity index (χ0) is 19.5. The number of nitrogens with zero attached hydrogens (tertiary/aromatic N) is 2. The summed E-state index contributed by atoms with van der Waals surface area (Å²) in [4.78, 5) is 17.3. The van der Waals surface area contributed by atoms with Gasteiger partial charge in [0.1, 0.15) is 11.6 Å². The quantitative estimate of drug-likeness (QED) is 0.657. The summed E-state index contributed by atoms with van der Waals surface area (Å²) < 4.78 is 19.3. The first-order valence-electron chi connectivity index (χ1n) is 10.0. The average Bonchev–Trinajstić information content (AvgIpc) is 3.60. The van der Waals surface area contributed by atoms with Crippen LogP contribution in [0.3, 0.4) is 0 Å². The van der Waals surface area contributed by atoms with Crippen molar-refractivity contribution in [3.63, 3.8) is 0 Å². The Kier molecular flexibility index (Phi) is 5.62. The number of carbonyl (C=O) groups is 1.